The maximum absolute atomic E-state index is 5.32. The second-order valence-corrected chi connectivity index (χ2v) is 2.01. The van der Waals surface area contributed by atoms with Crippen molar-refractivity contribution in [2.45, 2.75) is 13.8 Å². The summed E-state index contributed by atoms with van der Waals surface area (Å²) in [6, 6.07) is 0. The highest BCUT2D eigenvalue weighted by Gasteiger charge is 1.81. The van der Waals surface area contributed by atoms with E-state index >= 15 is 0 Å². The summed E-state index contributed by atoms with van der Waals surface area (Å²) in [6.07, 6.45) is 1.70. The van der Waals surface area contributed by atoms with Crippen molar-refractivity contribution in [2.24, 2.45) is 15.7 Å². The Labute approximate surface area is 61.4 Å². The van der Waals surface area contributed by atoms with Crippen LogP contribution in [0.1, 0.15) is 13.8 Å². The molecule has 0 radical (unpaired) electrons. The van der Waals surface area contributed by atoms with Crippen molar-refractivity contribution in [3.05, 3.63) is 11.8 Å². The number of amidine groups is 1. The quantitative estimate of drug-likeness (QED) is 0.449. The Morgan fingerprint density at radius 3 is 2.60 bits per heavy atom. The summed E-state index contributed by atoms with van der Waals surface area (Å²) in [5, 5.41) is 0. The Bertz CT molecular complexity index is 168. The van der Waals surface area contributed by atoms with Gasteiger partial charge in [-0.05, 0) is 26.1 Å². The van der Waals surface area contributed by atoms with Gasteiger partial charge in [0.1, 0.15) is 5.84 Å². The van der Waals surface area contributed by atoms with Crippen LogP contribution in [0.15, 0.2) is 21.8 Å². The first-order valence-electron chi connectivity index (χ1n) is 3.07. The lowest BCUT2D eigenvalue weighted by atomic mass is 10.3. The lowest BCUT2D eigenvalue weighted by Crippen LogP contribution is -1.99. The van der Waals surface area contributed by atoms with Crippen molar-refractivity contribution in [3.63, 3.8) is 0 Å². The second-order valence-electron chi connectivity index (χ2n) is 2.01. The molecule has 0 aromatic carbocycles. The highest BCUT2D eigenvalue weighted by Crippen LogP contribution is 1.89. The summed E-state index contributed by atoms with van der Waals surface area (Å²) >= 11 is 0. The van der Waals surface area contributed by atoms with Gasteiger partial charge in [0, 0.05) is 12.7 Å². The number of rotatable bonds is 2. The molecule has 0 unspecified atom stereocenters. The van der Waals surface area contributed by atoms with Gasteiger partial charge in [-0.25, -0.2) is 9.98 Å². The van der Waals surface area contributed by atoms with Crippen LogP contribution in [0.3, 0.4) is 0 Å². The molecule has 3 nitrogen and oxygen atoms in total. The molecule has 0 aliphatic carbocycles. The summed E-state index contributed by atoms with van der Waals surface area (Å²) in [7, 11) is 0. The SMILES string of the molecule is C=NC(C)=N/C=C(/C)CN. The van der Waals surface area contributed by atoms with Crippen molar-refractivity contribution in [3.8, 4) is 0 Å². The standard InChI is InChI=1S/C7H13N3/c1-6(4-8)5-10-7(2)9-3/h5H,3-4,8H2,1-2H3/b6-5-,10-7?. The summed E-state index contributed by atoms with van der Waals surface area (Å²) in [6.45, 7) is 7.56. The van der Waals surface area contributed by atoms with E-state index < -0.39 is 0 Å². The monoisotopic (exact) mass is 139 g/mol. The summed E-state index contributed by atoms with van der Waals surface area (Å²) < 4.78 is 0. The third-order valence-electron chi connectivity index (χ3n) is 1.02. The van der Waals surface area contributed by atoms with Crippen LogP contribution in [0.5, 0.6) is 0 Å². The Kier molecular flexibility index (Phi) is 4.41. The van der Waals surface area contributed by atoms with Gasteiger partial charge in [0.15, 0.2) is 0 Å². The van der Waals surface area contributed by atoms with Crippen LogP contribution in [0.2, 0.25) is 0 Å². The Morgan fingerprint density at radius 2 is 2.20 bits per heavy atom. The van der Waals surface area contributed by atoms with Crippen molar-refractivity contribution < 1.29 is 0 Å². The van der Waals surface area contributed by atoms with Gasteiger partial charge in [0.2, 0.25) is 0 Å². The van der Waals surface area contributed by atoms with E-state index in [-0.39, 0.29) is 0 Å². The molecular formula is C7H13N3. The van der Waals surface area contributed by atoms with Crippen LogP contribution in [0, 0.1) is 0 Å². The van der Waals surface area contributed by atoms with E-state index in [1.807, 2.05) is 6.92 Å². The number of nitrogens with two attached hydrogens (primary N) is 1. The van der Waals surface area contributed by atoms with E-state index in [2.05, 4.69) is 16.7 Å². The van der Waals surface area contributed by atoms with E-state index in [0.717, 1.165) is 5.57 Å². The minimum absolute atomic E-state index is 0.536. The molecule has 0 aromatic heterocycles. The van der Waals surface area contributed by atoms with E-state index in [1.54, 1.807) is 13.1 Å². The minimum atomic E-state index is 0.536. The molecule has 0 heterocycles. The molecule has 0 bridgehead atoms. The minimum Gasteiger partial charge on any atom is -0.327 e. The van der Waals surface area contributed by atoms with Crippen molar-refractivity contribution in [1.82, 2.24) is 0 Å². The van der Waals surface area contributed by atoms with Gasteiger partial charge in [-0.1, -0.05) is 0 Å². The zero-order valence-electron chi connectivity index (χ0n) is 6.46. The third kappa shape index (κ3) is 3.97. The molecule has 0 aromatic rings. The molecule has 56 valence electrons. The molecule has 10 heavy (non-hydrogen) atoms. The average Bonchev–Trinajstić information content (AvgIpc) is 1.99. The molecule has 0 amide bonds. The zero-order valence-corrected chi connectivity index (χ0v) is 6.46. The molecular weight excluding hydrogens is 126 g/mol. The topological polar surface area (TPSA) is 50.7 Å². The second kappa shape index (κ2) is 4.88. The van der Waals surface area contributed by atoms with Gasteiger partial charge in [-0.3, -0.25) is 0 Å². The first-order chi connectivity index (χ1) is 4.70. The molecule has 0 atom stereocenters. The molecule has 0 saturated heterocycles. The fraction of sp³-hybridized carbons (Fsp3) is 0.429. The average molecular weight is 139 g/mol. The largest absolute Gasteiger partial charge is 0.327 e. The van der Waals surface area contributed by atoms with Crippen LogP contribution in [0.4, 0.5) is 0 Å². The Morgan fingerprint density at radius 1 is 1.60 bits per heavy atom. The predicted molar refractivity (Wildman–Crippen MR) is 45.5 cm³/mol. The van der Waals surface area contributed by atoms with Gasteiger partial charge in [0.25, 0.3) is 0 Å². The lowest BCUT2D eigenvalue weighted by molar-refractivity contribution is 1.12. The van der Waals surface area contributed by atoms with Gasteiger partial charge in [0.05, 0.1) is 0 Å². The Balaban J connectivity index is 4.03. The third-order valence-corrected chi connectivity index (χ3v) is 1.02. The maximum atomic E-state index is 5.32. The molecule has 3 heteroatoms. The Hall–Kier alpha value is -0.960. The van der Waals surface area contributed by atoms with Gasteiger partial charge in [-0.15, -0.1) is 0 Å². The van der Waals surface area contributed by atoms with Crippen LogP contribution in [0.25, 0.3) is 0 Å². The fourth-order valence-corrected chi connectivity index (χ4v) is 0.297. The predicted octanol–water partition coefficient (Wildman–Crippen LogP) is 0.968. The first kappa shape index (κ1) is 9.04. The summed E-state index contributed by atoms with van der Waals surface area (Å²) in [5.41, 5.74) is 6.35. The lowest BCUT2D eigenvalue weighted by Gasteiger charge is -1.90. The van der Waals surface area contributed by atoms with E-state index in [9.17, 15) is 0 Å². The highest BCUT2D eigenvalue weighted by atomic mass is 14.9. The fourth-order valence-electron chi connectivity index (χ4n) is 0.297. The maximum Gasteiger partial charge on any atom is 0.124 e. The van der Waals surface area contributed by atoms with E-state index in [4.69, 9.17) is 5.73 Å². The van der Waals surface area contributed by atoms with Crippen LogP contribution >= 0.6 is 0 Å². The molecule has 0 spiro atoms. The molecule has 0 aliphatic heterocycles. The summed E-state index contributed by atoms with van der Waals surface area (Å²) in [5.74, 6) is 0.660. The van der Waals surface area contributed by atoms with Crippen LogP contribution < -0.4 is 5.73 Å². The molecule has 0 fully saturated rings. The van der Waals surface area contributed by atoms with Crippen molar-refractivity contribution in [2.75, 3.05) is 6.54 Å². The van der Waals surface area contributed by atoms with Crippen LogP contribution in [-0.4, -0.2) is 19.1 Å². The van der Waals surface area contributed by atoms with Gasteiger partial charge < -0.3 is 5.73 Å². The zero-order chi connectivity index (χ0) is 7.98. The molecule has 0 rings (SSSR count). The number of hydrogen-bond donors (Lipinski definition) is 1. The molecule has 0 aliphatic rings. The normalized spacial score (nSPS) is 13.5. The van der Waals surface area contributed by atoms with Crippen molar-refractivity contribution in [1.29, 1.82) is 0 Å². The van der Waals surface area contributed by atoms with E-state index in [1.165, 1.54) is 0 Å². The van der Waals surface area contributed by atoms with E-state index in [0.29, 0.717) is 12.4 Å². The van der Waals surface area contributed by atoms with Crippen molar-refractivity contribution >= 4 is 12.6 Å². The van der Waals surface area contributed by atoms with Gasteiger partial charge in [-0.2, -0.15) is 0 Å². The number of hydrogen-bond acceptors (Lipinski definition) is 2. The molecule has 2 N–H and O–H groups in total. The van der Waals surface area contributed by atoms with Gasteiger partial charge >= 0.3 is 0 Å². The molecule has 0 saturated carbocycles. The number of nitrogens with zero attached hydrogens (tertiary/aromatic N) is 2. The summed E-state index contributed by atoms with van der Waals surface area (Å²) in [4.78, 5) is 7.57. The number of aliphatic imine (C=N–C) groups is 2. The smallest absolute Gasteiger partial charge is 0.124 e. The van der Waals surface area contributed by atoms with Crippen LogP contribution in [-0.2, 0) is 0 Å². The highest BCUT2D eigenvalue weighted by molar-refractivity contribution is 5.84. The first-order valence-corrected chi connectivity index (χ1v) is 3.07.